The third-order valence-corrected chi connectivity index (χ3v) is 7.60. The molecule has 0 aromatic heterocycles. The monoisotopic (exact) mass is 443 g/mol. The number of benzene rings is 1. The number of ether oxygens (including phenoxy) is 1. The molecular formula is C19H29N3O5S2. The fourth-order valence-electron chi connectivity index (χ4n) is 2.97. The smallest absolute Gasteiger partial charge is 0.243 e. The minimum atomic E-state index is -3.66. The predicted octanol–water partition coefficient (Wildman–Crippen LogP) is 1.70. The predicted molar refractivity (Wildman–Crippen MR) is 114 cm³/mol. The average molecular weight is 444 g/mol. The van der Waals surface area contributed by atoms with Gasteiger partial charge in [-0.15, -0.1) is 11.8 Å². The van der Waals surface area contributed by atoms with E-state index in [4.69, 9.17) is 4.74 Å². The summed E-state index contributed by atoms with van der Waals surface area (Å²) in [4.78, 5) is 27.0. The molecule has 2 rings (SSSR count). The Hall–Kier alpha value is -1.62. The third kappa shape index (κ3) is 5.94. The van der Waals surface area contributed by atoms with Crippen molar-refractivity contribution in [1.82, 2.24) is 9.62 Å². The van der Waals surface area contributed by atoms with Crippen molar-refractivity contribution in [3.63, 3.8) is 0 Å². The van der Waals surface area contributed by atoms with Gasteiger partial charge in [0.2, 0.25) is 21.8 Å². The van der Waals surface area contributed by atoms with Gasteiger partial charge in [-0.05, 0) is 31.5 Å². The molecule has 0 fully saturated rings. The van der Waals surface area contributed by atoms with Crippen molar-refractivity contribution in [3.8, 4) is 0 Å². The molecule has 1 aliphatic rings. The van der Waals surface area contributed by atoms with Crippen LogP contribution in [0.2, 0.25) is 0 Å². The van der Waals surface area contributed by atoms with Gasteiger partial charge in [-0.1, -0.05) is 13.8 Å². The number of nitrogens with one attached hydrogen (secondary N) is 1. The number of nitrogens with zero attached hydrogens (tertiary/aromatic N) is 2. The lowest BCUT2D eigenvalue weighted by Crippen LogP contribution is -2.43. The number of fused-ring (bicyclic) bond motifs is 1. The molecule has 0 bridgehead atoms. The van der Waals surface area contributed by atoms with Crippen molar-refractivity contribution < 1.29 is 22.7 Å². The number of hydrogen-bond donors (Lipinski definition) is 1. The van der Waals surface area contributed by atoms with Gasteiger partial charge in [0, 0.05) is 37.7 Å². The lowest BCUT2D eigenvalue weighted by Gasteiger charge is -2.29. The van der Waals surface area contributed by atoms with E-state index in [0.717, 1.165) is 4.90 Å². The van der Waals surface area contributed by atoms with Gasteiger partial charge in [-0.25, -0.2) is 8.42 Å². The van der Waals surface area contributed by atoms with Gasteiger partial charge < -0.3 is 15.0 Å². The van der Waals surface area contributed by atoms with Gasteiger partial charge in [-0.3, -0.25) is 9.59 Å². The molecule has 0 spiro atoms. The van der Waals surface area contributed by atoms with Crippen LogP contribution in [0, 0.1) is 0 Å². The van der Waals surface area contributed by atoms with Crippen LogP contribution < -0.4 is 10.2 Å². The second-order valence-electron chi connectivity index (χ2n) is 6.39. The molecule has 1 aromatic rings. The second-order valence-corrected chi connectivity index (χ2v) is 9.34. The first kappa shape index (κ1) is 23.7. The molecule has 0 radical (unpaired) electrons. The standard InChI is InChI=1S/C19H29N3O5S2/c1-4-21(5-2)29(25,26)15-8-9-17-16(12-15)22(19(24)14-28-17)13-18(23)20-10-7-11-27-6-3/h8-9,12H,4-7,10-11,13-14H2,1-3H3,(H,20,23). The van der Waals surface area contributed by atoms with E-state index in [0.29, 0.717) is 45.0 Å². The summed E-state index contributed by atoms with van der Waals surface area (Å²) in [5.74, 6) is -0.290. The Balaban J connectivity index is 2.19. The van der Waals surface area contributed by atoms with Crippen LogP contribution in [-0.4, -0.2) is 69.7 Å². The minimum absolute atomic E-state index is 0.123. The Morgan fingerprint density at radius 1 is 1.28 bits per heavy atom. The SMILES string of the molecule is CCOCCCNC(=O)CN1C(=O)CSc2ccc(S(=O)(=O)N(CC)CC)cc21. The van der Waals surface area contributed by atoms with Gasteiger partial charge in [0.1, 0.15) is 6.54 Å². The van der Waals surface area contributed by atoms with Crippen LogP contribution in [0.1, 0.15) is 27.2 Å². The zero-order valence-electron chi connectivity index (χ0n) is 17.1. The molecule has 1 N–H and O–H groups in total. The normalized spacial score (nSPS) is 14.2. The third-order valence-electron chi connectivity index (χ3n) is 4.51. The molecule has 1 aliphatic heterocycles. The number of amides is 2. The van der Waals surface area contributed by atoms with E-state index in [2.05, 4.69) is 5.32 Å². The van der Waals surface area contributed by atoms with E-state index < -0.39 is 10.0 Å². The number of carbonyl (C=O) groups is 2. The fourth-order valence-corrected chi connectivity index (χ4v) is 5.37. The zero-order valence-corrected chi connectivity index (χ0v) is 18.8. The van der Waals surface area contributed by atoms with Crippen LogP contribution >= 0.6 is 11.8 Å². The van der Waals surface area contributed by atoms with Crippen molar-refractivity contribution in [2.24, 2.45) is 0 Å². The van der Waals surface area contributed by atoms with Crippen molar-refractivity contribution >= 4 is 39.3 Å². The number of hydrogen-bond acceptors (Lipinski definition) is 6. The second kappa shape index (κ2) is 11.0. The molecule has 10 heteroatoms. The van der Waals surface area contributed by atoms with Crippen molar-refractivity contribution in [2.45, 2.75) is 37.0 Å². The first-order chi connectivity index (χ1) is 13.8. The summed E-state index contributed by atoms with van der Waals surface area (Å²) < 4.78 is 32.3. The highest BCUT2D eigenvalue weighted by Gasteiger charge is 2.29. The van der Waals surface area contributed by atoms with E-state index in [1.165, 1.54) is 27.0 Å². The summed E-state index contributed by atoms with van der Waals surface area (Å²) in [6.07, 6.45) is 0.687. The molecule has 8 nitrogen and oxygen atoms in total. The molecule has 1 heterocycles. The Morgan fingerprint density at radius 3 is 2.66 bits per heavy atom. The first-order valence-electron chi connectivity index (χ1n) is 9.76. The highest BCUT2D eigenvalue weighted by atomic mass is 32.2. The molecule has 0 atom stereocenters. The number of carbonyl (C=O) groups excluding carboxylic acids is 2. The molecular weight excluding hydrogens is 414 g/mol. The van der Waals surface area contributed by atoms with Gasteiger partial charge >= 0.3 is 0 Å². The zero-order chi connectivity index (χ0) is 21.4. The van der Waals surface area contributed by atoms with Gasteiger partial charge in [0.15, 0.2) is 0 Å². The largest absolute Gasteiger partial charge is 0.382 e. The summed E-state index contributed by atoms with van der Waals surface area (Å²) >= 11 is 1.35. The van der Waals surface area contributed by atoms with Gasteiger partial charge in [0.05, 0.1) is 16.3 Å². The maximum absolute atomic E-state index is 12.8. The average Bonchev–Trinajstić information content (AvgIpc) is 2.70. The molecule has 0 unspecified atom stereocenters. The molecule has 0 saturated heterocycles. The van der Waals surface area contributed by atoms with Gasteiger partial charge in [-0.2, -0.15) is 4.31 Å². The minimum Gasteiger partial charge on any atom is -0.382 e. The van der Waals surface area contributed by atoms with Crippen LogP contribution in [-0.2, 0) is 24.3 Å². The molecule has 162 valence electrons. The lowest BCUT2D eigenvalue weighted by molar-refractivity contribution is -0.123. The summed E-state index contributed by atoms with van der Waals surface area (Å²) in [7, 11) is -3.66. The van der Waals surface area contributed by atoms with E-state index in [-0.39, 0.29) is 29.0 Å². The number of sulfonamides is 1. The molecule has 29 heavy (non-hydrogen) atoms. The molecule has 1 aromatic carbocycles. The fraction of sp³-hybridized carbons (Fsp3) is 0.579. The van der Waals surface area contributed by atoms with Crippen molar-refractivity contribution in [2.75, 3.05) is 50.0 Å². The summed E-state index contributed by atoms with van der Waals surface area (Å²) in [6, 6.07) is 4.76. The first-order valence-corrected chi connectivity index (χ1v) is 12.2. The summed E-state index contributed by atoms with van der Waals surface area (Å²) in [5, 5.41) is 2.78. The maximum atomic E-state index is 12.8. The van der Waals surface area contributed by atoms with Crippen LogP contribution in [0.3, 0.4) is 0 Å². The number of anilines is 1. The lowest BCUT2D eigenvalue weighted by atomic mass is 10.2. The van der Waals surface area contributed by atoms with Crippen LogP contribution in [0.25, 0.3) is 0 Å². The Kier molecular flexibility index (Phi) is 8.94. The quantitative estimate of drug-likeness (QED) is 0.523. The van der Waals surface area contributed by atoms with E-state index in [1.54, 1.807) is 26.0 Å². The highest BCUT2D eigenvalue weighted by Crippen LogP contribution is 2.37. The van der Waals surface area contributed by atoms with E-state index in [9.17, 15) is 18.0 Å². The van der Waals surface area contributed by atoms with Crippen LogP contribution in [0.5, 0.6) is 0 Å². The maximum Gasteiger partial charge on any atom is 0.243 e. The Bertz CT molecular complexity index is 825. The Morgan fingerprint density at radius 2 is 2.00 bits per heavy atom. The van der Waals surface area contributed by atoms with Gasteiger partial charge in [0.25, 0.3) is 0 Å². The molecule has 2 amide bonds. The summed E-state index contributed by atoms with van der Waals surface area (Å²) in [6.45, 7) is 7.69. The van der Waals surface area contributed by atoms with Crippen molar-refractivity contribution in [3.05, 3.63) is 18.2 Å². The molecule has 0 saturated carbocycles. The highest BCUT2D eigenvalue weighted by molar-refractivity contribution is 8.00. The van der Waals surface area contributed by atoms with E-state index >= 15 is 0 Å². The van der Waals surface area contributed by atoms with Crippen molar-refractivity contribution in [1.29, 1.82) is 0 Å². The van der Waals surface area contributed by atoms with Crippen LogP contribution in [0.4, 0.5) is 5.69 Å². The molecule has 0 aliphatic carbocycles. The number of rotatable bonds is 11. The topological polar surface area (TPSA) is 96.0 Å². The summed E-state index contributed by atoms with van der Waals surface area (Å²) in [5.41, 5.74) is 0.462. The van der Waals surface area contributed by atoms with E-state index in [1.807, 2.05) is 6.92 Å². The Labute approximate surface area is 177 Å². The number of thioether (sulfide) groups is 1. The van der Waals surface area contributed by atoms with Crippen LogP contribution in [0.15, 0.2) is 28.0 Å².